The highest BCUT2D eigenvalue weighted by Crippen LogP contribution is 2.44. The highest BCUT2D eigenvalue weighted by atomic mass is 32.1. The number of aromatic hydroxyl groups is 1. The third-order valence-corrected chi connectivity index (χ3v) is 5.03. The van der Waals surface area contributed by atoms with Gasteiger partial charge in [0.05, 0.1) is 12.7 Å². The molecule has 2 aliphatic rings. The minimum absolute atomic E-state index is 0.00374. The minimum atomic E-state index is -0.556. The van der Waals surface area contributed by atoms with Crippen molar-refractivity contribution in [3.05, 3.63) is 55.7 Å². The number of rotatable bonds is 2. The average molecular weight is 371 g/mol. The number of allylic oxidation sites excluding steroid dienone is 2. The van der Waals surface area contributed by atoms with Crippen molar-refractivity contribution in [3.8, 4) is 11.5 Å². The van der Waals surface area contributed by atoms with Gasteiger partial charge in [0, 0.05) is 23.6 Å². The third kappa shape index (κ3) is 2.53. The summed E-state index contributed by atoms with van der Waals surface area (Å²) >= 11 is 5.08. The normalized spacial score (nSPS) is 18.8. The quantitative estimate of drug-likeness (QED) is 0.605. The number of nitrogens with one attached hydrogen (secondary N) is 3. The van der Waals surface area contributed by atoms with E-state index in [0.29, 0.717) is 28.9 Å². The molecular formula is C18H17N3O4S. The number of aromatic nitrogens is 2. The van der Waals surface area contributed by atoms with E-state index in [1.54, 1.807) is 12.1 Å². The fraction of sp³-hybridized carbons (Fsp3) is 0.278. The van der Waals surface area contributed by atoms with Crippen LogP contribution in [0.2, 0.25) is 0 Å². The Balaban J connectivity index is 2.01. The molecule has 1 aliphatic heterocycles. The van der Waals surface area contributed by atoms with E-state index in [-0.39, 0.29) is 27.6 Å². The maximum Gasteiger partial charge on any atom is 0.257 e. The molecule has 0 amide bonds. The molecule has 1 aromatic carbocycles. The molecule has 0 bridgehead atoms. The SMILES string of the molecule is COc1cc([C@@H]2C3=C(CCCC3=O)Nc3[nH]c(=S)[nH]c(=O)c32)ccc1O. The number of hydrogen-bond acceptors (Lipinski definition) is 6. The van der Waals surface area contributed by atoms with E-state index in [2.05, 4.69) is 15.3 Å². The number of ether oxygens (including phenoxy) is 1. The Morgan fingerprint density at radius 2 is 2.04 bits per heavy atom. The Kier molecular flexibility index (Phi) is 3.91. The summed E-state index contributed by atoms with van der Waals surface area (Å²) in [5.41, 5.74) is 2.15. The first-order valence-corrected chi connectivity index (χ1v) is 8.67. The number of benzene rings is 1. The molecule has 134 valence electrons. The molecule has 0 unspecified atom stereocenters. The van der Waals surface area contributed by atoms with E-state index < -0.39 is 5.92 Å². The van der Waals surface area contributed by atoms with Gasteiger partial charge in [0.1, 0.15) is 5.82 Å². The summed E-state index contributed by atoms with van der Waals surface area (Å²) in [6.07, 6.45) is 1.93. The van der Waals surface area contributed by atoms with Crippen LogP contribution in [0.5, 0.6) is 11.5 Å². The number of Topliss-reactive ketones (excluding diaryl/α,β-unsaturated/α-hetero) is 1. The number of anilines is 1. The molecule has 0 spiro atoms. The van der Waals surface area contributed by atoms with Gasteiger partial charge in [-0.2, -0.15) is 0 Å². The Morgan fingerprint density at radius 3 is 2.81 bits per heavy atom. The van der Waals surface area contributed by atoms with Crippen molar-refractivity contribution in [2.45, 2.75) is 25.2 Å². The average Bonchev–Trinajstić information content (AvgIpc) is 2.60. The Labute approximate surface area is 153 Å². The zero-order chi connectivity index (χ0) is 18.4. The Bertz CT molecular complexity index is 1070. The molecule has 26 heavy (non-hydrogen) atoms. The molecular weight excluding hydrogens is 354 g/mol. The molecule has 7 nitrogen and oxygen atoms in total. The van der Waals surface area contributed by atoms with Crippen LogP contribution in [0.1, 0.15) is 36.3 Å². The summed E-state index contributed by atoms with van der Waals surface area (Å²) in [7, 11) is 1.45. The summed E-state index contributed by atoms with van der Waals surface area (Å²) in [5.74, 6) is 0.246. The lowest BCUT2D eigenvalue weighted by molar-refractivity contribution is -0.116. The molecule has 2 heterocycles. The van der Waals surface area contributed by atoms with Crippen LogP contribution in [0.3, 0.4) is 0 Å². The number of aromatic amines is 2. The van der Waals surface area contributed by atoms with E-state index in [4.69, 9.17) is 17.0 Å². The third-order valence-electron chi connectivity index (χ3n) is 4.83. The van der Waals surface area contributed by atoms with Gasteiger partial charge < -0.3 is 20.1 Å². The molecule has 0 saturated carbocycles. The van der Waals surface area contributed by atoms with Gasteiger partial charge in [-0.3, -0.25) is 14.6 Å². The Morgan fingerprint density at radius 1 is 1.23 bits per heavy atom. The number of hydrogen-bond donors (Lipinski definition) is 4. The number of phenolic OH excluding ortho intramolecular Hbond substituents is 1. The van der Waals surface area contributed by atoms with Gasteiger partial charge in [0.25, 0.3) is 5.56 Å². The largest absolute Gasteiger partial charge is 0.504 e. The number of carbonyl (C=O) groups excluding carboxylic acids is 1. The fourth-order valence-electron chi connectivity index (χ4n) is 3.70. The summed E-state index contributed by atoms with van der Waals surface area (Å²) in [6, 6.07) is 4.86. The van der Waals surface area contributed by atoms with Gasteiger partial charge in [0.2, 0.25) is 0 Å². The predicted molar refractivity (Wildman–Crippen MR) is 98.3 cm³/mol. The van der Waals surface area contributed by atoms with Crippen LogP contribution in [0.25, 0.3) is 0 Å². The molecule has 4 rings (SSSR count). The van der Waals surface area contributed by atoms with Crippen molar-refractivity contribution in [1.82, 2.24) is 9.97 Å². The second-order valence-corrected chi connectivity index (χ2v) is 6.76. The summed E-state index contributed by atoms with van der Waals surface area (Å²) in [5, 5.41) is 13.1. The molecule has 4 N–H and O–H groups in total. The lowest BCUT2D eigenvalue weighted by Gasteiger charge is -2.33. The van der Waals surface area contributed by atoms with Crippen LogP contribution in [-0.4, -0.2) is 28.0 Å². The lowest BCUT2D eigenvalue weighted by Crippen LogP contribution is -2.32. The maximum atomic E-state index is 12.7. The highest BCUT2D eigenvalue weighted by molar-refractivity contribution is 7.71. The standard InChI is InChI=1S/C18H17N3O4S/c1-25-12-7-8(5-6-10(12)22)13-14-9(3-2-4-11(14)23)19-16-15(13)17(24)21-18(26)20-16/h5-7,13,22H,2-4H2,1H3,(H3,19,20,21,24,26)/t13-/m1/s1. The van der Waals surface area contributed by atoms with Crippen molar-refractivity contribution in [2.75, 3.05) is 12.4 Å². The Hall–Kier alpha value is -2.87. The van der Waals surface area contributed by atoms with E-state index >= 15 is 0 Å². The molecule has 1 atom stereocenters. The lowest BCUT2D eigenvalue weighted by atomic mass is 9.76. The second kappa shape index (κ2) is 6.14. The summed E-state index contributed by atoms with van der Waals surface area (Å²) < 4.78 is 5.42. The van der Waals surface area contributed by atoms with Crippen LogP contribution in [0.15, 0.2) is 34.3 Å². The predicted octanol–water partition coefficient (Wildman–Crippen LogP) is 2.71. The van der Waals surface area contributed by atoms with Crippen molar-refractivity contribution >= 4 is 23.8 Å². The number of phenols is 1. The number of fused-ring (bicyclic) bond motifs is 1. The summed E-state index contributed by atoms with van der Waals surface area (Å²) in [4.78, 5) is 31.0. The fourth-order valence-corrected chi connectivity index (χ4v) is 3.90. The first-order valence-electron chi connectivity index (χ1n) is 8.26. The smallest absolute Gasteiger partial charge is 0.257 e. The second-order valence-electron chi connectivity index (χ2n) is 6.36. The monoisotopic (exact) mass is 371 g/mol. The number of H-pyrrole nitrogens is 2. The van der Waals surface area contributed by atoms with Crippen LogP contribution in [0.4, 0.5) is 5.82 Å². The van der Waals surface area contributed by atoms with Crippen molar-refractivity contribution in [3.63, 3.8) is 0 Å². The van der Waals surface area contributed by atoms with E-state index in [1.807, 2.05) is 0 Å². The van der Waals surface area contributed by atoms with Crippen molar-refractivity contribution in [1.29, 1.82) is 0 Å². The zero-order valence-electron chi connectivity index (χ0n) is 14.0. The highest BCUT2D eigenvalue weighted by Gasteiger charge is 2.37. The van der Waals surface area contributed by atoms with E-state index in [9.17, 15) is 14.7 Å². The van der Waals surface area contributed by atoms with Crippen LogP contribution < -0.4 is 15.6 Å². The number of methoxy groups -OCH3 is 1. The first kappa shape index (κ1) is 16.6. The van der Waals surface area contributed by atoms with Crippen molar-refractivity contribution < 1.29 is 14.6 Å². The topological polar surface area (TPSA) is 107 Å². The van der Waals surface area contributed by atoms with Gasteiger partial charge >= 0.3 is 0 Å². The zero-order valence-corrected chi connectivity index (χ0v) is 14.8. The number of ketones is 1. The molecule has 8 heteroatoms. The first-order chi connectivity index (χ1) is 12.5. The van der Waals surface area contributed by atoms with Gasteiger partial charge in [0.15, 0.2) is 22.1 Å². The van der Waals surface area contributed by atoms with E-state index in [1.165, 1.54) is 13.2 Å². The number of carbonyl (C=O) groups is 1. The molecule has 1 aromatic heterocycles. The van der Waals surface area contributed by atoms with Gasteiger partial charge in [-0.25, -0.2) is 0 Å². The van der Waals surface area contributed by atoms with E-state index in [0.717, 1.165) is 18.5 Å². The van der Waals surface area contributed by atoms with Gasteiger partial charge in [-0.05, 0) is 42.8 Å². The van der Waals surface area contributed by atoms with Crippen LogP contribution in [-0.2, 0) is 4.79 Å². The van der Waals surface area contributed by atoms with Crippen LogP contribution in [0, 0.1) is 4.77 Å². The van der Waals surface area contributed by atoms with Crippen molar-refractivity contribution in [2.24, 2.45) is 0 Å². The van der Waals surface area contributed by atoms with Gasteiger partial charge in [-0.15, -0.1) is 0 Å². The maximum absolute atomic E-state index is 12.7. The summed E-state index contributed by atoms with van der Waals surface area (Å²) in [6.45, 7) is 0. The molecule has 1 aliphatic carbocycles. The van der Waals surface area contributed by atoms with Crippen LogP contribution >= 0.6 is 12.2 Å². The minimum Gasteiger partial charge on any atom is -0.504 e. The molecule has 0 saturated heterocycles. The molecule has 0 fully saturated rings. The van der Waals surface area contributed by atoms with Gasteiger partial charge in [-0.1, -0.05) is 6.07 Å². The molecule has 2 aromatic rings. The molecule has 0 radical (unpaired) electrons.